The van der Waals surface area contributed by atoms with Gasteiger partial charge in [-0.25, -0.2) is 4.79 Å². The molecule has 76 valence electrons. The third-order valence-corrected chi connectivity index (χ3v) is 2.02. The number of rotatable bonds is 6. The van der Waals surface area contributed by atoms with Crippen LogP contribution < -0.4 is 10.6 Å². The van der Waals surface area contributed by atoms with Crippen molar-refractivity contribution in [3.8, 4) is 0 Å². The Kier molecular flexibility index (Phi) is 4.56. The van der Waals surface area contributed by atoms with E-state index in [0.717, 1.165) is 39.1 Å². The van der Waals surface area contributed by atoms with Gasteiger partial charge >= 0.3 is 6.03 Å². The van der Waals surface area contributed by atoms with E-state index in [2.05, 4.69) is 10.6 Å². The van der Waals surface area contributed by atoms with Gasteiger partial charge in [0.05, 0.1) is 0 Å². The maximum atomic E-state index is 11.0. The van der Waals surface area contributed by atoms with Gasteiger partial charge in [-0.1, -0.05) is 0 Å². The molecule has 1 aliphatic heterocycles. The second-order valence-corrected chi connectivity index (χ2v) is 3.05. The Bertz CT molecular complexity index is 163. The van der Waals surface area contributed by atoms with Crippen LogP contribution in [-0.4, -0.2) is 55.4 Å². The lowest BCUT2D eigenvalue weighted by Gasteiger charge is -2.13. The molecular weight excluding hydrogens is 170 g/mol. The molecule has 1 saturated heterocycles. The molecule has 0 bridgehead atoms. The van der Waals surface area contributed by atoms with Crippen molar-refractivity contribution in [2.75, 3.05) is 39.3 Å². The topological polar surface area (TPSA) is 64.6 Å². The van der Waals surface area contributed by atoms with Gasteiger partial charge in [0.1, 0.15) is 0 Å². The van der Waals surface area contributed by atoms with Gasteiger partial charge in [-0.15, -0.1) is 0 Å². The van der Waals surface area contributed by atoms with Crippen molar-refractivity contribution in [1.82, 2.24) is 15.5 Å². The maximum Gasteiger partial charge on any atom is 0.317 e. The predicted molar refractivity (Wildman–Crippen MR) is 49.5 cm³/mol. The van der Waals surface area contributed by atoms with Gasteiger partial charge in [0, 0.05) is 32.8 Å². The zero-order valence-electron chi connectivity index (χ0n) is 7.75. The Morgan fingerprint density at radius 3 is 3.00 bits per heavy atom. The summed E-state index contributed by atoms with van der Waals surface area (Å²) in [5.74, 6) is 0. The van der Waals surface area contributed by atoms with Crippen LogP contribution in [0.3, 0.4) is 0 Å². The van der Waals surface area contributed by atoms with Gasteiger partial charge in [-0.05, 0) is 13.0 Å². The van der Waals surface area contributed by atoms with Gasteiger partial charge < -0.3 is 20.6 Å². The van der Waals surface area contributed by atoms with E-state index >= 15 is 0 Å². The van der Waals surface area contributed by atoms with E-state index in [1.165, 1.54) is 0 Å². The molecule has 1 rings (SSSR count). The average Bonchev–Trinajstić information content (AvgIpc) is 2.52. The van der Waals surface area contributed by atoms with Crippen LogP contribution in [0.5, 0.6) is 0 Å². The molecule has 0 spiro atoms. The van der Waals surface area contributed by atoms with E-state index in [-0.39, 0.29) is 12.6 Å². The summed E-state index contributed by atoms with van der Waals surface area (Å²) < 4.78 is 0. The number of aliphatic hydroxyl groups is 1. The Hall–Kier alpha value is -0.810. The van der Waals surface area contributed by atoms with Crippen molar-refractivity contribution >= 4 is 6.03 Å². The van der Waals surface area contributed by atoms with Crippen LogP contribution >= 0.6 is 0 Å². The van der Waals surface area contributed by atoms with Gasteiger partial charge in [0.2, 0.25) is 0 Å². The molecule has 0 aliphatic carbocycles. The van der Waals surface area contributed by atoms with Crippen LogP contribution in [-0.2, 0) is 0 Å². The van der Waals surface area contributed by atoms with Crippen LogP contribution in [0.2, 0.25) is 0 Å². The fourth-order valence-corrected chi connectivity index (χ4v) is 1.27. The number of urea groups is 1. The molecule has 5 nitrogen and oxygen atoms in total. The first-order valence-corrected chi connectivity index (χ1v) is 4.69. The molecule has 1 aliphatic rings. The summed E-state index contributed by atoms with van der Waals surface area (Å²) in [5, 5.41) is 14.4. The largest absolute Gasteiger partial charge is 0.396 e. The van der Waals surface area contributed by atoms with Crippen LogP contribution in [0.4, 0.5) is 4.79 Å². The standard InChI is InChI=1S/C8H17N3O2/c12-7-1-2-9-3-5-11-6-4-10-8(11)13/h9,12H,1-7H2,(H,10,13). The number of carbonyl (C=O) groups is 1. The van der Waals surface area contributed by atoms with Crippen molar-refractivity contribution in [3.63, 3.8) is 0 Å². The summed E-state index contributed by atoms with van der Waals surface area (Å²) in [4.78, 5) is 12.8. The highest BCUT2D eigenvalue weighted by atomic mass is 16.3. The fraction of sp³-hybridized carbons (Fsp3) is 0.875. The van der Waals surface area contributed by atoms with E-state index in [1.54, 1.807) is 4.90 Å². The van der Waals surface area contributed by atoms with Gasteiger partial charge in [0.25, 0.3) is 0 Å². The van der Waals surface area contributed by atoms with E-state index in [9.17, 15) is 4.79 Å². The molecule has 0 aromatic heterocycles. The number of nitrogens with zero attached hydrogens (tertiary/aromatic N) is 1. The molecule has 0 radical (unpaired) electrons. The van der Waals surface area contributed by atoms with Crippen LogP contribution in [0.15, 0.2) is 0 Å². The SMILES string of the molecule is O=C1NCCN1CCNCCCO. The number of carbonyl (C=O) groups excluding carboxylic acids is 1. The van der Waals surface area contributed by atoms with Crippen LogP contribution in [0.1, 0.15) is 6.42 Å². The lowest BCUT2D eigenvalue weighted by molar-refractivity contribution is 0.217. The smallest absolute Gasteiger partial charge is 0.317 e. The van der Waals surface area contributed by atoms with Gasteiger partial charge in [0.15, 0.2) is 0 Å². The molecule has 3 N–H and O–H groups in total. The van der Waals surface area contributed by atoms with Crippen molar-refractivity contribution in [2.45, 2.75) is 6.42 Å². The normalized spacial score (nSPS) is 16.4. The first kappa shape index (κ1) is 10.3. The fourth-order valence-electron chi connectivity index (χ4n) is 1.27. The molecule has 0 aromatic carbocycles. The zero-order chi connectivity index (χ0) is 9.52. The van der Waals surface area contributed by atoms with E-state index in [1.807, 2.05) is 0 Å². The average molecular weight is 187 g/mol. The summed E-state index contributed by atoms with van der Waals surface area (Å²) in [5.41, 5.74) is 0. The Morgan fingerprint density at radius 1 is 1.54 bits per heavy atom. The van der Waals surface area contributed by atoms with Crippen LogP contribution in [0.25, 0.3) is 0 Å². The lowest BCUT2D eigenvalue weighted by Crippen LogP contribution is -2.35. The number of hydrogen-bond acceptors (Lipinski definition) is 3. The second kappa shape index (κ2) is 5.77. The minimum atomic E-state index is 0.0314. The third-order valence-electron chi connectivity index (χ3n) is 2.02. The van der Waals surface area contributed by atoms with Crippen molar-refractivity contribution < 1.29 is 9.90 Å². The van der Waals surface area contributed by atoms with Gasteiger partial charge in [-0.3, -0.25) is 0 Å². The molecule has 0 saturated carbocycles. The molecular formula is C8H17N3O2. The Morgan fingerprint density at radius 2 is 2.38 bits per heavy atom. The predicted octanol–water partition coefficient (Wildman–Crippen LogP) is -1.02. The molecule has 0 aromatic rings. The molecule has 2 amide bonds. The summed E-state index contributed by atoms with van der Waals surface area (Å²) in [7, 11) is 0. The molecule has 1 heterocycles. The highest BCUT2D eigenvalue weighted by Gasteiger charge is 2.17. The molecule has 0 atom stereocenters. The maximum absolute atomic E-state index is 11.0. The highest BCUT2D eigenvalue weighted by Crippen LogP contribution is 1.94. The van der Waals surface area contributed by atoms with Crippen LogP contribution in [0, 0.1) is 0 Å². The Labute approximate surface area is 78.1 Å². The van der Waals surface area contributed by atoms with E-state index in [4.69, 9.17) is 5.11 Å². The lowest BCUT2D eigenvalue weighted by atomic mass is 10.4. The monoisotopic (exact) mass is 187 g/mol. The minimum Gasteiger partial charge on any atom is -0.396 e. The second-order valence-electron chi connectivity index (χ2n) is 3.05. The number of nitrogens with one attached hydrogen (secondary N) is 2. The zero-order valence-corrected chi connectivity index (χ0v) is 7.75. The molecule has 5 heteroatoms. The van der Waals surface area contributed by atoms with Crippen molar-refractivity contribution in [2.24, 2.45) is 0 Å². The quantitative estimate of drug-likeness (QED) is 0.467. The number of hydrogen-bond donors (Lipinski definition) is 3. The number of amides is 2. The first-order valence-electron chi connectivity index (χ1n) is 4.69. The Balaban J connectivity index is 1.96. The summed E-state index contributed by atoms with van der Waals surface area (Å²) in [6, 6.07) is 0.0314. The van der Waals surface area contributed by atoms with Crippen molar-refractivity contribution in [3.05, 3.63) is 0 Å². The third kappa shape index (κ3) is 3.61. The van der Waals surface area contributed by atoms with E-state index < -0.39 is 0 Å². The molecule has 1 fully saturated rings. The van der Waals surface area contributed by atoms with E-state index in [0.29, 0.717) is 0 Å². The minimum absolute atomic E-state index is 0.0314. The summed E-state index contributed by atoms with van der Waals surface area (Å²) in [6.45, 7) is 4.14. The molecule has 0 unspecified atom stereocenters. The van der Waals surface area contributed by atoms with Gasteiger partial charge in [-0.2, -0.15) is 0 Å². The van der Waals surface area contributed by atoms with Crippen molar-refractivity contribution in [1.29, 1.82) is 0 Å². The summed E-state index contributed by atoms with van der Waals surface area (Å²) >= 11 is 0. The molecule has 13 heavy (non-hydrogen) atoms. The highest BCUT2D eigenvalue weighted by molar-refractivity contribution is 5.76. The first-order chi connectivity index (χ1) is 6.34. The summed E-state index contributed by atoms with van der Waals surface area (Å²) in [6.07, 6.45) is 0.770. The number of aliphatic hydroxyl groups excluding tert-OH is 1.